The summed E-state index contributed by atoms with van der Waals surface area (Å²) in [5.74, 6) is -1.16. The largest absolute Gasteiger partial charge is 0.366 e. The van der Waals surface area contributed by atoms with E-state index in [9.17, 15) is 9.59 Å². The smallest absolute Gasteiger partial charge is 0.250 e. The van der Waals surface area contributed by atoms with Crippen LogP contribution >= 0.6 is 0 Å². The highest BCUT2D eigenvalue weighted by Crippen LogP contribution is 2.25. The SMILES string of the molecule is C[Si](C)(C)c1c(C(N)=O)c(C(N)=O)c2ccccc2c1[Si](C)(C)C. The summed E-state index contributed by atoms with van der Waals surface area (Å²) in [7, 11) is -3.78. The Kier molecular flexibility index (Phi) is 4.49. The van der Waals surface area contributed by atoms with E-state index in [0.717, 1.165) is 16.0 Å². The van der Waals surface area contributed by atoms with Crippen LogP contribution in [0.2, 0.25) is 39.3 Å². The normalized spacial score (nSPS) is 12.4. The summed E-state index contributed by atoms with van der Waals surface area (Å²) in [6, 6.07) is 7.72. The molecule has 0 bridgehead atoms. The second-order valence-corrected chi connectivity index (χ2v) is 18.3. The second kappa shape index (κ2) is 5.86. The summed E-state index contributed by atoms with van der Waals surface area (Å²) in [4.78, 5) is 24.6. The van der Waals surface area contributed by atoms with Gasteiger partial charge in [0.15, 0.2) is 0 Å². The first-order valence-electron chi connectivity index (χ1n) is 8.06. The van der Waals surface area contributed by atoms with Crippen LogP contribution < -0.4 is 21.8 Å². The Morgan fingerprint density at radius 2 is 1.12 bits per heavy atom. The molecule has 0 fully saturated rings. The van der Waals surface area contributed by atoms with Gasteiger partial charge in [-0.25, -0.2) is 0 Å². The van der Waals surface area contributed by atoms with Crippen molar-refractivity contribution in [2.75, 3.05) is 0 Å². The number of carbonyl (C=O) groups excluding carboxylic acids is 2. The van der Waals surface area contributed by atoms with Crippen LogP contribution in [0, 0.1) is 0 Å². The molecule has 0 aliphatic heterocycles. The van der Waals surface area contributed by atoms with E-state index in [4.69, 9.17) is 11.5 Å². The molecule has 2 rings (SSSR count). The standard InChI is InChI=1S/C18H26N2O2Si2/c1-23(2,3)15-12-10-8-7-9-11(12)13(17(19)21)14(18(20)22)16(15)24(4,5)6/h7-10H,1-6H3,(H2,19,21)(H2,20,22). The van der Waals surface area contributed by atoms with E-state index >= 15 is 0 Å². The number of fused-ring (bicyclic) bond motifs is 1. The van der Waals surface area contributed by atoms with Gasteiger partial charge in [0.2, 0.25) is 11.8 Å². The average Bonchev–Trinajstić information content (AvgIpc) is 2.41. The van der Waals surface area contributed by atoms with Crippen molar-refractivity contribution in [3.8, 4) is 0 Å². The third-order valence-electron chi connectivity index (χ3n) is 4.21. The van der Waals surface area contributed by atoms with Crippen molar-refractivity contribution in [2.24, 2.45) is 11.5 Å². The molecular weight excluding hydrogens is 332 g/mol. The molecule has 0 unspecified atom stereocenters. The van der Waals surface area contributed by atoms with E-state index in [-0.39, 0.29) is 5.56 Å². The maximum absolute atomic E-state index is 12.4. The zero-order valence-electron chi connectivity index (χ0n) is 15.3. The van der Waals surface area contributed by atoms with Crippen molar-refractivity contribution in [1.82, 2.24) is 0 Å². The molecule has 2 aromatic rings. The van der Waals surface area contributed by atoms with E-state index in [1.54, 1.807) is 0 Å². The lowest BCUT2D eigenvalue weighted by Gasteiger charge is -2.32. The van der Waals surface area contributed by atoms with Gasteiger partial charge in [-0.05, 0) is 16.0 Å². The Hall–Kier alpha value is -1.93. The van der Waals surface area contributed by atoms with Crippen LogP contribution in [0.3, 0.4) is 0 Å². The molecule has 128 valence electrons. The number of nitrogens with two attached hydrogens (primary N) is 2. The molecule has 6 heteroatoms. The molecule has 2 aromatic carbocycles. The molecule has 4 N–H and O–H groups in total. The molecular formula is C18H26N2O2Si2. The molecule has 0 aromatic heterocycles. The Labute approximate surface area is 145 Å². The van der Waals surface area contributed by atoms with Crippen molar-refractivity contribution < 1.29 is 9.59 Å². The summed E-state index contributed by atoms with van der Waals surface area (Å²) >= 11 is 0. The van der Waals surface area contributed by atoms with Crippen LogP contribution in [0.15, 0.2) is 24.3 Å². The zero-order chi connectivity index (χ0) is 18.4. The van der Waals surface area contributed by atoms with Gasteiger partial charge in [-0.1, -0.05) is 68.7 Å². The molecule has 24 heavy (non-hydrogen) atoms. The van der Waals surface area contributed by atoms with Crippen molar-refractivity contribution in [2.45, 2.75) is 39.3 Å². The van der Waals surface area contributed by atoms with Gasteiger partial charge in [0.25, 0.3) is 0 Å². The minimum Gasteiger partial charge on any atom is -0.366 e. The highest BCUT2D eigenvalue weighted by Gasteiger charge is 2.36. The minimum absolute atomic E-state index is 0.275. The van der Waals surface area contributed by atoms with E-state index < -0.39 is 28.0 Å². The topological polar surface area (TPSA) is 86.2 Å². The molecule has 0 saturated carbocycles. The summed E-state index contributed by atoms with van der Waals surface area (Å²) in [6.45, 7) is 13.3. The lowest BCUT2D eigenvalue weighted by atomic mass is 9.97. The quantitative estimate of drug-likeness (QED) is 0.820. The number of rotatable bonds is 4. The lowest BCUT2D eigenvalue weighted by Crippen LogP contribution is -2.59. The van der Waals surface area contributed by atoms with E-state index in [1.165, 1.54) is 5.19 Å². The first-order chi connectivity index (χ1) is 10.9. The summed E-state index contributed by atoms with van der Waals surface area (Å²) in [5.41, 5.74) is 12.0. The van der Waals surface area contributed by atoms with Gasteiger partial charge in [-0.15, -0.1) is 0 Å². The Bertz CT molecular complexity index is 847. The van der Waals surface area contributed by atoms with Crippen LogP contribution in [0.1, 0.15) is 20.7 Å². The first-order valence-corrected chi connectivity index (χ1v) is 15.1. The highest BCUT2D eigenvalue weighted by atomic mass is 28.3. The Morgan fingerprint density at radius 1 is 0.708 bits per heavy atom. The van der Waals surface area contributed by atoms with Crippen molar-refractivity contribution in [1.29, 1.82) is 0 Å². The number of carbonyl (C=O) groups is 2. The summed E-state index contributed by atoms with van der Waals surface area (Å²) in [6.07, 6.45) is 0. The van der Waals surface area contributed by atoms with Crippen molar-refractivity contribution >= 4 is 49.1 Å². The predicted octanol–water partition coefficient (Wildman–Crippen LogP) is 2.13. The Balaban J connectivity index is 3.29. The fourth-order valence-electron chi connectivity index (χ4n) is 3.47. The van der Waals surface area contributed by atoms with Gasteiger partial charge in [0, 0.05) is 0 Å². The van der Waals surface area contributed by atoms with Crippen LogP contribution in [0.5, 0.6) is 0 Å². The van der Waals surface area contributed by atoms with E-state index in [2.05, 4.69) is 39.3 Å². The number of hydrogen-bond donors (Lipinski definition) is 2. The average molecular weight is 359 g/mol. The molecule has 4 nitrogen and oxygen atoms in total. The van der Waals surface area contributed by atoms with Crippen LogP contribution in [-0.4, -0.2) is 28.0 Å². The monoisotopic (exact) mass is 358 g/mol. The number of amides is 2. The summed E-state index contributed by atoms with van der Waals surface area (Å²) in [5, 5.41) is 4.00. The highest BCUT2D eigenvalue weighted by molar-refractivity contribution is 7.00. The van der Waals surface area contributed by atoms with Gasteiger partial charge < -0.3 is 11.5 Å². The lowest BCUT2D eigenvalue weighted by molar-refractivity contribution is 0.0969. The van der Waals surface area contributed by atoms with Gasteiger partial charge in [0.05, 0.1) is 27.3 Å². The van der Waals surface area contributed by atoms with Crippen LogP contribution in [0.25, 0.3) is 10.8 Å². The molecule has 0 radical (unpaired) electrons. The Morgan fingerprint density at radius 3 is 1.50 bits per heavy atom. The van der Waals surface area contributed by atoms with Crippen LogP contribution in [-0.2, 0) is 0 Å². The molecule has 0 atom stereocenters. The maximum atomic E-state index is 12.4. The van der Waals surface area contributed by atoms with Gasteiger partial charge in [0.1, 0.15) is 0 Å². The van der Waals surface area contributed by atoms with Crippen molar-refractivity contribution in [3.05, 3.63) is 35.4 Å². The zero-order valence-corrected chi connectivity index (χ0v) is 17.3. The summed E-state index contributed by atoms with van der Waals surface area (Å²) < 4.78 is 0. The molecule has 0 spiro atoms. The molecule has 0 heterocycles. The molecule has 0 aliphatic carbocycles. The van der Waals surface area contributed by atoms with E-state index in [0.29, 0.717) is 5.56 Å². The fraction of sp³-hybridized carbons (Fsp3) is 0.333. The number of primary amides is 2. The second-order valence-electron chi connectivity index (χ2n) is 8.27. The van der Waals surface area contributed by atoms with Gasteiger partial charge in [-0.2, -0.15) is 0 Å². The van der Waals surface area contributed by atoms with Gasteiger partial charge >= 0.3 is 0 Å². The molecule has 2 amide bonds. The number of hydrogen-bond acceptors (Lipinski definition) is 2. The van der Waals surface area contributed by atoms with Crippen molar-refractivity contribution in [3.63, 3.8) is 0 Å². The fourth-order valence-corrected chi connectivity index (χ4v) is 9.50. The van der Waals surface area contributed by atoms with Crippen LogP contribution in [0.4, 0.5) is 0 Å². The third kappa shape index (κ3) is 3.03. The minimum atomic E-state index is -1.96. The van der Waals surface area contributed by atoms with E-state index in [1.807, 2.05) is 24.3 Å². The predicted molar refractivity (Wildman–Crippen MR) is 107 cm³/mol. The molecule has 0 saturated heterocycles. The maximum Gasteiger partial charge on any atom is 0.250 e. The number of benzene rings is 2. The molecule has 0 aliphatic rings. The third-order valence-corrected chi connectivity index (χ3v) is 8.48. The first kappa shape index (κ1) is 18.4. The van der Waals surface area contributed by atoms with Gasteiger partial charge in [-0.3, -0.25) is 9.59 Å².